The number of alkyl halides is 2. The van der Waals surface area contributed by atoms with Crippen molar-refractivity contribution in [3.05, 3.63) is 33.4 Å². The number of benzene rings is 1. The first-order valence-electron chi connectivity index (χ1n) is 4.55. The normalized spacial score (nSPS) is 10.1. The first-order valence-corrected chi connectivity index (χ1v) is 4.55. The number of nitriles is 1. The smallest absolute Gasteiger partial charge is 0.387 e. The fourth-order valence-corrected chi connectivity index (χ4v) is 1.36. The van der Waals surface area contributed by atoms with Crippen molar-refractivity contribution in [3.63, 3.8) is 0 Å². The third-order valence-electron chi connectivity index (χ3n) is 2.06. The molecule has 0 N–H and O–H groups in total. The van der Waals surface area contributed by atoms with Crippen molar-refractivity contribution in [2.45, 2.75) is 20.0 Å². The summed E-state index contributed by atoms with van der Waals surface area (Å²) in [4.78, 5) is 9.94. The van der Waals surface area contributed by atoms with E-state index in [1.807, 2.05) is 0 Å². The maximum atomic E-state index is 12.1. The number of aryl methyl sites for hydroxylation is 1. The molecule has 5 nitrogen and oxygen atoms in total. The molecule has 0 saturated heterocycles. The van der Waals surface area contributed by atoms with Gasteiger partial charge < -0.3 is 4.74 Å². The third kappa shape index (κ3) is 3.11. The van der Waals surface area contributed by atoms with Gasteiger partial charge in [0.1, 0.15) is 5.75 Å². The second kappa shape index (κ2) is 5.21. The second-order valence-electron chi connectivity index (χ2n) is 3.22. The molecule has 0 amide bonds. The standard InChI is InChI=1S/C10H8F2N2O3/c1-6-4-7(2-3-13)9(17-10(11)12)5-8(6)14(15)16/h4-5,10H,2H2,1H3. The van der Waals surface area contributed by atoms with Crippen LogP contribution in [0.15, 0.2) is 12.1 Å². The molecule has 1 aromatic rings. The summed E-state index contributed by atoms with van der Waals surface area (Å²) in [6.07, 6.45) is -0.152. The van der Waals surface area contributed by atoms with Gasteiger partial charge in [0.15, 0.2) is 0 Å². The molecule has 0 fully saturated rings. The monoisotopic (exact) mass is 242 g/mol. The van der Waals surface area contributed by atoms with Crippen LogP contribution in [-0.4, -0.2) is 11.5 Å². The first-order chi connectivity index (χ1) is 7.95. The number of hydrogen-bond donors (Lipinski definition) is 0. The molecule has 0 unspecified atom stereocenters. The summed E-state index contributed by atoms with van der Waals surface area (Å²) < 4.78 is 28.4. The number of hydrogen-bond acceptors (Lipinski definition) is 4. The number of nitro groups is 1. The van der Waals surface area contributed by atoms with Gasteiger partial charge in [-0.15, -0.1) is 0 Å². The lowest BCUT2D eigenvalue weighted by molar-refractivity contribution is -0.385. The SMILES string of the molecule is Cc1cc(CC#N)c(OC(F)F)cc1[N+](=O)[O-]. The lowest BCUT2D eigenvalue weighted by atomic mass is 10.1. The van der Waals surface area contributed by atoms with Gasteiger partial charge in [0.2, 0.25) is 0 Å². The Morgan fingerprint density at radius 2 is 2.24 bits per heavy atom. The van der Waals surface area contributed by atoms with Crippen LogP contribution in [0.4, 0.5) is 14.5 Å². The van der Waals surface area contributed by atoms with Crippen molar-refractivity contribution in [2.75, 3.05) is 0 Å². The van der Waals surface area contributed by atoms with Crippen LogP contribution < -0.4 is 4.74 Å². The molecule has 17 heavy (non-hydrogen) atoms. The van der Waals surface area contributed by atoms with Crippen molar-refractivity contribution in [2.24, 2.45) is 0 Å². The van der Waals surface area contributed by atoms with E-state index < -0.39 is 11.5 Å². The summed E-state index contributed by atoms with van der Waals surface area (Å²) in [7, 11) is 0. The minimum absolute atomic E-state index is 0.152. The molecule has 1 rings (SSSR count). The van der Waals surface area contributed by atoms with Crippen molar-refractivity contribution in [1.29, 1.82) is 5.26 Å². The zero-order chi connectivity index (χ0) is 13.0. The highest BCUT2D eigenvalue weighted by molar-refractivity contribution is 5.50. The molecule has 0 bridgehead atoms. The predicted molar refractivity (Wildman–Crippen MR) is 53.8 cm³/mol. The third-order valence-corrected chi connectivity index (χ3v) is 2.06. The number of rotatable bonds is 4. The molecule has 0 aliphatic carbocycles. The van der Waals surface area contributed by atoms with Crippen LogP contribution in [-0.2, 0) is 6.42 Å². The van der Waals surface area contributed by atoms with E-state index in [-0.39, 0.29) is 23.4 Å². The van der Waals surface area contributed by atoms with Gasteiger partial charge in [-0.25, -0.2) is 0 Å². The van der Waals surface area contributed by atoms with Crippen LogP contribution in [0.5, 0.6) is 5.75 Å². The van der Waals surface area contributed by atoms with Gasteiger partial charge in [-0.2, -0.15) is 14.0 Å². The van der Waals surface area contributed by atoms with Gasteiger partial charge in [-0.05, 0) is 13.0 Å². The van der Waals surface area contributed by atoms with E-state index in [1.165, 1.54) is 13.0 Å². The molecule has 90 valence electrons. The topological polar surface area (TPSA) is 76.2 Å². The average Bonchev–Trinajstić information content (AvgIpc) is 2.21. The second-order valence-corrected chi connectivity index (χ2v) is 3.22. The number of halogens is 2. The molecule has 0 saturated carbocycles. The van der Waals surface area contributed by atoms with Crippen molar-refractivity contribution in [1.82, 2.24) is 0 Å². The molecular formula is C10H8F2N2O3. The fraction of sp³-hybridized carbons (Fsp3) is 0.300. The summed E-state index contributed by atoms with van der Waals surface area (Å²) in [6.45, 7) is -1.62. The van der Waals surface area contributed by atoms with E-state index in [4.69, 9.17) is 5.26 Å². The van der Waals surface area contributed by atoms with Crippen molar-refractivity contribution in [3.8, 4) is 11.8 Å². The van der Waals surface area contributed by atoms with Crippen LogP contribution in [0.25, 0.3) is 0 Å². The Bertz CT molecular complexity index is 483. The van der Waals surface area contributed by atoms with E-state index in [2.05, 4.69) is 4.74 Å². The van der Waals surface area contributed by atoms with Crippen LogP contribution >= 0.6 is 0 Å². The summed E-state index contributed by atoms with van der Waals surface area (Å²) >= 11 is 0. The average molecular weight is 242 g/mol. The summed E-state index contributed by atoms with van der Waals surface area (Å²) in [5, 5.41) is 19.1. The van der Waals surface area contributed by atoms with E-state index >= 15 is 0 Å². The minimum atomic E-state index is -3.09. The Morgan fingerprint density at radius 3 is 2.71 bits per heavy atom. The Kier molecular flexibility index (Phi) is 3.93. The number of nitro benzene ring substituents is 1. The molecule has 7 heteroatoms. The Balaban J connectivity index is 3.27. The predicted octanol–water partition coefficient (Wildman–Crippen LogP) is 2.57. The maximum absolute atomic E-state index is 12.1. The van der Waals surface area contributed by atoms with Crippen molar-refractivity contribution >= 4 is 5.69 Å². The van der Waals surface area contributed by atoms with E-state index in [0.717, 1.165) is 6.07 Å². The molecule has 0 aliphatic rings. The van der Waals surface area contributed by atoms with Gasteiger partial charge in [-0.1, -0.05) is 0 Å². The van der Waals surface area contributed by atoms with Crippen molar-refractivity contribution < 1.29 is 18.4 Å². The lowest BCUT2D eigenvalue weighted by Crippen LogP contribution is -2.06. The molecule has 0 atom stereocenters. The molecular weight excluding hydrogens is 234 g/mol. The van der Waals surface area contributed by atoms with Crippen LogP contribution in [0.2, 0.25) is 0 Å². The minimum Gasteiger partial charge on any atom is -0.434 e. The van der Waals surface area contributed by atoms with Gasteiger partial charge in [0.25, 0.3) is 5.69 Å². The van der Waals surface area contributed by atoms with Crippen LogP contribution in [0.1, 0.15) is 11.1 Å². The van der Waals surface area contributed by atoms with Crippen LogP contribution in [0.3, 0.4) is 0 Å². The van der Waals surface area contributed by atoms with Gasteiger partial charge in [0.05, 0.1) is 23.5 Å². The summed E-state index contributed by atoms with van der Waals surface area (Å²) in [5.74, 6) is -0.334. The molecule has 0 spiro atoms. The molecule has 0 aromatic heterocycles. The highest BCUT2D eigenvalue weighted by atomic mass is 19.3. The number of ether oxygens (including phenoxy) is 1. The van der Waals surface area contributed by atoms with Crippen LogP contribution in [0, 0.1) is 28.4 Å². The maximum Gasteiger partial charge on any atom is 0.387 e. The van der Waals surface area contributed by atoms with Gasteiger partial charge in [-0.3, -0.25) is 10.1 Å². The zero-order valence-electron chi connectivity index (χ0n) is 8.81. The highest BCUT2D eigenvalue weighted by Gasteiger charge is 2.18. The summed E-state index contributed by atoms with van der Waals surface area (Å²) in [5.41, 5.74) is 0.181. The largest absolute Gasteiger partial charge is 0.434 e. The highest BCUT2D eigenvalue weighted by Crippen LogP contribution is 2.30. The zero-order valence-corrected chi connectivity index (χ0v) is 8.81. The quantitative estimate of drug-likeness (QED) is 0.600. The first kappa shape index (κ1) is 12.8. The van der Waals surface area contributed by atoms with Gasteiger partial charge >= 0.3 is 6.61 Å². The Labute approximate surface area is 95.4 Å². The molecule has 0 heterocycles. The number of nitrogens with zero attached hydrogens (tertiary/aromatic N) is 2. The summed E-state index contributed by atoms with van der Waals surface area (Å²) in [6, 6.07) is 3.99. The molecule has 1 aromatic carbocycles. The van der Waals surface area contributed by atoms with E-state index in [0.29, 0.717) is 5.56 Å². The van der Waals surface area contributed by atoms with E-state index in [1.54, 1.807) is 6.07 Å². The van der Waals surface area contributed by atoms with Gasteiger partial charge in [0, 0.05) is 11.1 Å². The molecule has 0 radical (unpaired) electrons. The molecule has 0 aliphatic heterocycles. The Hall–Kier alpha value is -2.23. The lowest BCUT2D eigenvalue weighted by Gasteiger charge is -2.09. The Morgan fingerprint density at radius 1 is 1.59 bits per heavy atom. The van der Waals surface area contributed by atoms with E-state index in [9.17, 15) is 18.9 Å². The fourth-order valence-electron chi connectivity index (χ4n) is 1.36.